The number of nitrogens with one attached hydrogen (secondary N) is 1. The van der Waals surface area contributed by atoms with Crippen molar-refractivity contribution in [3.05, 3.63) is 51.7 Å². The molecule has 0 atom stereocenters. The zero-order valence-corrected chi connectivity index (χ0v) is 18.1. The van der Waals surface area contributed by atoms with Crippen LogP contribution in [-0.4, -0.2) is 66.9 Å². The van der Waals surface area contributed by atoms with Gasteiger partial charge in [-0.3, -0.25) is 14.4 Å². The largest absolute Gasteiger partial charge is 0.484 e. The highest BCUT2D eigenvalue weighted by Gasteiger charge is 2.24. The van der Waals surface area contributed by atoms with Gasteiger partial charge in [0.05, 0.1) is 0 Å². The van der Waals surface area contributed by atoms with Gasteiger partial charge in [0.1, 0.15) is 5.75 Å². The molecule has 0 radical (unpaired) electrons. The van der Waals surface area contributed by atoms with Gasteiger partial charge >= 0.3 is 0 Å². The molecule has 30 heavy (non-hydrogen) atoms. The first-order valence-corrected chi connectivity index (χ1v) is 11.1. The monoisotopic (exact) mass is 449 g/mol. The van der Waals surface area contributed by atoms with Crippen LogP contribution in [0.4, 0.5) is 0 Å². The number of amides is 3. The first-order chi connectivity index (χ1) is 14.5. The lowest BCUT2D eigenvalue weighted by atomic mass is 10.2. The van der Waals surface area contributed by atoms with Gasteiger partial charge in [-0.25, -0.2) is 0 Å². The topological polar surface area (TPSA) is 79.0 Å². The molecule has 2 heterocycles. The normalized spacial score (nSPS) is 13.8. The summed E-state index contributed by atoms with van der Waals surface area (Å²) >= 11 is 7.30. The number of rotatable bonds is 8. The van der Waals surface area contributed by atoms with Crippen LogP contribution in [0.3, 0.4) is 0 Å². The molecule has 3 rings (SSSR count). The van der Waals surface area contributed by atoms with E-state index in [0.29, 0.717) is 61.9 Å². The molecular formula is C21H24ClN3O4S. The summed E-state index contributed by atoms with van der Waals surface area (Å²) in [6.45, 7) is 2.41. The zero-order valence-electron chi connectivity index (χ0n) is 16.5. The Kier molecular flexibility index (Phi) is 8.10. The van der Waals surface area contributed by atoms with Gasteiger partial charge in [-0.2, -0.15) is 11.3 Å². The van der Waals surface area contributed by atoms with Gasteiger partial charge in [-0.1, -0.05) is 11.6 Å². The van der Waals surface area contributed by atoms with Crippen molar-refractivity contribution in [2.24, 2.45) is 0 Å². The third-order valence-electron chi connectivity index (χ3n) is 4.80. The molecule has 1 aromatic heterocycles. The van der Waals surface area contributed by atoms with Crippen LogP contribution >= 0.6 is 22.9 Å². The molecule has 3 amide bonds. The SMILES string of the molecule is O=C(NCCCC(=O)N1CCN(C(=O)COc2ccc(Cl)cc2)CC1)c1ccsc1. The lowest BCUT2D eigenvalue weighted by Crippen LogP contribution is -2.51. The Labute approximate surface area is 184 Å². The number of halogens is 1. The molecule has 1 aliphatic rings. The van der Waals surface area contributed by atoms with Gasteiger partial charge in [-0.15, -0.1) is 0 Å². The Morgan fingerprint density at radius 2 is 1.67 bits per heavy atom. The van der Waals surface area contributed by atoms with Gasteiger partial charge in [0.25, 0.3) is 11.8 Å². The minimum Gasteiger partial charge on any atom is -0.484 e. The summed E-state index contributed by atoms with van der Waals surface area (Å²) in [7, 11) is 0. The van der Waals surface area contributed by atoms with E-state index in [1.165, 1.54) is 11.3 Å². The quantitative estimate of drug-likeness (QED) is 0.628. The van der Waals surface area contributed by atoms with Crippen molar-refractivity contribution < 1.29 is 19.1 Å². The van der Waals surface area contributed by atoms with Crippen LogP contribution in [0, 0.1) is 0 Å². The molecule has 1 fully saturated rings. The molecule has 1 aromatic carbocycles. The number of thiophene rings is 1. The molecule has 7 nitrogen and oxygen atoms in total. The summed E-state index contributed by atoms with van der Waals surface area (Å²) in [5, 5.41) is 7.08. The molecule has 9 heteroatoms. The van der Waals surface area contributed by atoms with Crippen LogP contribution < -0.4 is 10.1 Å². The zero-order chi connectivity index (χ0) is 21.3. The highest BCUT2D eigenvalue weighted by Crippen LogP contribution is 2.15. The highest BCUT2D eigenvalue weighted by atomic mass is 35.5. The molecular weight excluding hydrogens is 426 g/mol. The predicted octanol–water partition coefficient (Wildman–Crippen LogP) is 2.66. The number of hydrogen-bond donors (Lipinski definition) is 1. The van der Waals surface area contributed by atoms with E-state index in [9.17, 15) is 14.4 Å². The summed E-state index contributed by atoms with van der Waals surface area (Å²) in [6, 6.07) is 8.62. The van der Waals surface area contributed by atoms with Crippen molar-refractivity contribution in [1.29, 1.82) is 0 Å². The van der Waals surface area contributed by atoms with E-state index in [2.05, 4.69) is 5.32 Å². The van der Waals surface area contributed by atoms with Crippen LogP contribution in [0.5, 0.6) is 5.75 Å². The number of nitrogens with zero attached hydrogens (tertiary/aromatic N) is 2. The van der Waals surface area contributed by atoms with Crippen LogP contribution in [0.1, 0.15) is 23.2 Å². The summed E-state index contributed by atoms with van der Waals surface area (Å²) in [5.74, 6) is 0.418. The lowest BCUT2D eigenvalue weighted by molar-refractivity contribution is -0.140. The van der Waals surface area contributed by atoms with E-state index < -0.39 is 0 Å². The summed E-state index contributed by atoms with van der Waals surface area (Å²) < 4.78 is 5.50. The van der Waals surface area contributed by atoms with Crippen LogP contribution in [0.2, 0.25) is 5.02 Å². The van der Waals surface area contributed by atoms with E-state index in [4.69, 9.17) is 16.3 Å². The molecule has 1 aliphatic heterocycles. The van der Waals surface area contributed by atoms with Crippen molar-refractivity contribution in [3.8, 4) is 5.75 Å². The first-order valence-electron chi connectivity index (χ1n) is 9.77. The third-order valence-corrected chi connectivity index (χ3v) is 5.73. The Hall–Kier alpha value is -2.58. The Morgan fingerprint density at radius 1 is 1.00 bits per heavy atom. The number of benzene rings is 1. The van der Waals surface area contributed by atoms with Crippen molar-refractivity contribution in [2.45, 2.75) is 12.8 Å². The van der Waals surface area contributed by atoms with Crippen LogP contribution in [0.15, 0.2) is 41.1 Å². The fourth-order valence-electron chi connectivity index (χ4n) is 3.07. The van der Waals surface area contributed by atoms with Gasteiger partial charge in [0.15, 0.2) is 6.61 Å². The van der Waals surface area contributed by atoms with Crippen molar-refractivity contribution in [2.75, 3.05) is 39.3 Å². The average Bonchev–Trinajstić information content (AvgIpc) is 3.31. The van der Waals surface area contributed by atoms with Crippen molar-refractivity contribution >= 4 is 40.7 Å². The number of piperazine rings is 1. The Bertz CT molecular complexity index is 850. The minimum absolute atomic E-state index is 0.0423. The van der Waals surface area contributed by atoms with Gasteiger partial charge in [0.2, 0.25) is 5.91 Å². The number of hydrogen-bond acceptors (Lipinski definition) is 5. The average molecular weight is 450 g/mol. The maximum Gasteiger partial charge on any atom is 0.260 e. The second-order valence-electron chi connectivity index (χ2n) is 6.88. The summed E-state index contributed by atoms with van der Waals surface area (Å²) in [6.07, 6.45) is 0.959. The predicted molar refractivity (Wildman–Crippen MR) is 116 cm³/mol. The maximum atomic E-state index is 12.4. The number of carbonyl (C=O) groups is 3. The molecule has 1 saturated heterocycles. The Balaban J connectivity index is 1.31. The fraction of sp³-hybridized carbons (Fsp3) is 0.381. The number of ether oxygens (including phenoxy) is 1. The van der Waals surface area contributed by atoms with E-state index >= 15 is 0 Å². The van der Waals surface area contributed by atoms with E-state index in [1.807, 2.05) is 5.38 Å². The van der Waals surface area contributed by atoms with Crippen LogP contribution in [-0.2, 0) is 9.59 Å². The summed E-state index contributed by atoms with van der Waals surface area (Å²) in [4.78, 5) is 40.0. The number of carbonyl (C=O) groups excluding carboxylic acids is 3. The lowest BCUT2D eigenvalue weighted by Gasteiger charge is -2.34. The molecule has 0 spiro atoms. The molecule has 0 aliphatic carbocycles. The smallest absolute Gasteiger partial charge is 0.260 e. The molecule has 1 N–H and O–H groups in total. The second kappa shape index (κ2) is 11.0. The first kappa shape index (κ1) is 22.1. The van der Waals surface area contributed by atoms with Crippen LogP contribution in [0.25, 0.3) is 0 Å². The molecule has 0 bridgehead atoms. The van der Waals surface area contributed by atoms with Crippen molar-refractivity contribution in [3.63, 3.8) is 0 Å². The molecule has 2 aromatic rings. The van der Waals surface area contributed by atoms with Gasteiger partial charge in [-0.05, 0) is 42.1 Å². The molecule has 160 valence electrons. The van der Waals surface area contributed by atoms with E-state index in [1.54, 1.807) is 45.5 Å². The standard InChI is InChI=1S/C21H24ClN3O4S/c22-17-3-5-18(6-4-17)29-14-20(27)25-11-9-24(10-12-25)19(26)2-1-8-23-21(28)16-7-13-30-15-16/h3-7,13,15H,1-2,8-12,14H2,(H,23,28). The fourth-order valence-corrected chi connectivity index (χ4v) is 3.83. The maximum absolute atomic E-state index is 12.4. The van der Waals surface area contributed by atoms with E-state index in [-0.39, 0.29) is 24.3 Å². The minimum atomic E-state index is -0.114. The van der Waals surface area contributed by atoms with Gasteiger partial charge < -0.3 is 19.9 Å². The highest BCUT2D eigenvalue weighted by molar-refractivity contribution is 7.08. The Morgan fingerprint density at radius 3 is 2.30 bits per heavy atom. The molecule has 0 unspecified atom stereocenters. The second-order valence-corrected chi connectivity index (χ2v) is 8.09. The third kappa shape index (κ3) is 6.47. The van der Waals surface area contributed by atoms with Gasteiger partial charge in [0, 0.05) is 55.1 Å². The van der Waals surface area contributed by atoms with Crippen molar-refractivity contribution in [1.82, 2.24) is 15.1 Å². The summed E-state index contributed by atoms with van der Waals surface area (Å²) in [5.41, 5.74) is 0.646. The molecule has 0 saturated carbocycles. The van der Waals surface area contributed by atoms with E-state index in [0.717, 1.165) is 0 Å².